The molecule has 0 saturated carbocycles. The van der Waals surface area contributed by atoms with Crippen LogP contribution in [-0.2, 0) is 0 Å². The van der Waals surface area contributed by atoms with Gasteiger partial charge in [-0.2, -0.15) is 0 Å². The molecule has 1 aliphatic rings. The van der Waals surface area contributed by atoms with Crippen LogP contribution >= 0.6 is 0 Å². The van der Waals surface area contributed by atoms with E-state index in [1.54, 1.807) is 0 Å². The molecule has 19 heavy (non-hydrogen) atoms. The van der Waals surface area contributed by atoms with Gasteiger partial charge in [0.05, 0.1) is 11.9 Å². The summed E-state index contributed by atoms with van der Waals surface area (Å²) in [6, 6.07) is 4.44. The SMILES string of the molecule is CCC(=O)c1ccc(N2CCCC2CN(C)C)cn1. The summed E-state index contributed by atoms with van der Waals surface area (Å²) in [5.41, 5.74) is 1.71. The number of ketones is 1. The van der Waals surface area contributed by atoms with Gasteiger partial charge in [-0.3, -0.25) is 9.78 Å². The Hall–Kier alpha value is -1.42. The lowest BCUT2D eigenvalue weighted by Crippen LogP contribution is -2.37. The van der Waals surface area contributed by atoms with Gasteiger partial charge in [0.15, 0.2) is 5.78 Å². The van der Waals surface area contributed by atoms with Crippen LogP contribution in [0.5, 0.6) is 0 Å². The van der Waals surface area contributed by atoms with Gasteiger partial charge < -0.3 is 9.80 Å². The molecular weight excluding hydrogens is 238 g/mol. The van der Waals surface area contributed by atoms with Crippen molar-refractivity contribution in [3.8, 4) is 0 Å². The summed E-state index contributed by atoms with van der Waals surface area (Å²) in [7, 11) is 4.22. The highest BCUT2D eigenvalue weighted by Gasteiger charge is 2.25. The van der Waals surface area contributed by atoms with Crippen LogP contribution in [0.1, 0.15) is 36.7 Å². The Labute approximate surface area is 115 Å². The molecule has 2 heterocycles. The number of aromatic nitrogens is 1. The van der Waals surface area contributed by atoms with Gasteiger partial charge >= 0.3 is 0 Å². The van der Waals surface area contributed by atoms with Gasteiger partial charge in [0.1, 0.15) is 5.69 Å². The molecular formula is C15H23N3O. The van der Waals surface area contributed by atoms with Crippen LogP contribution in [0.3, 0.4) is 0 Å². The number of pyridine rings is 1. The monoisotopic (exact) mass is 261 g/mol. The predicted molar refractivity (Wildman–Crippen MR) is 77.8 cm³/mol. The van der Waals surface area contributed by atoms with Gasteiger partial charge in [-0.15, -0.1) is 0 Å². The zero-order valence-electron chi connectivity index (χ0n) is 12.1. The van der Waals surface area contributed by atoms with Crippen molar-refractivity contribution in [2.75, 3.05) is 32.1 Å². The van der Waals surface area contributed by atoms with Gasteiger partial charge in [0.25, 0.3) is 0 Å². The maximum atomic E-state index is 11.6. The number of anilines is 1. The summed E-state index contributed by atoms with van der Waals surface area (Å²) < 4.78 is 0. The maximum absolute atomic E-state index is 11.6. The van der Waals surface area contributed by atoms with Crippen LogP contribution < -0.4 is 4.90 Å². The van der Waals surface area contributed by atoms with Crippen LogP contribution in [0.2, 0.25) is 0 Å². The van der Waals surface area contributed by atoms with Crippen LogP contribution in [-0.4, -0.2) is 48.9 Å². The first-order valence-electron chi connectivity index (χ1n) is 7.02. The van der Waals surface area contributed by atoms with Crippen molar-refractivity contribution < 1.29 is 4.79 Å². The van der Waals surface area contributed by atoms with E-state index in [4.69, 9.17) is 0 Å². The second-order valence-corrected chi connectivity index (χ2v) is 5.43. The lowest BCUT2D eigenvalue weighted by molar-refractivity contribution is 0.0983. The Kier molecular flexibility index (Phi) is 4.53. The lowest BCUT2D eigenvalue weighted by Gasteiger charge is -2.28. The predicted octanol–water partition coefficient (Wildman–Crippen LogP) is 2.20. The van der Waals surface area contributed by atoms with Crippen molar-refractivity contribution >= 4 is 11.5 Å². The summed E-state index contributed by atoms with van der Waals surface area (Å²) in [5.74, 6) is 0.109. The van der Waals surface area contributed by atoms with Crippen molar-refractivity contribution in [2.24, 2.45) is 0 Å². The molecule has 1 atom stereocenters. The molecule has 1 aromatic heterocycles. The van der Waals surface area contributed by atoms with Gasteiger partial charge in [0, 0.05) is 25.6 Å². The Bertz CT molecular complexity index is 428. The Balaban J connectivity index is 2.10. The number of likely N-dealkylation sites (N-methyl/N-ethyl adjacent to an activating group) is 1. The molecule has 0 spiro atoms. The normalized spacial score (nSPS) is 19.2. The minimum absolute atomic E-state index is 0.109. The van der Waals surface area contributed by atoms with Gasteiger partial charge in [0.2, 0.25) is 0 Å². The lowest BCUT2D eigenvalue weighted by atomic mass is 10.2. The largest absolute Gasteiger partial charge is 0.366 e. The molecule has 1 unspecified atom stereocenters. The second-order valence-electron chi connectivity index (χ2n) is 5.43. The first kappa shape index (κ1) is 14.0. The number of carbonyl (C=O) groups is 1. The zero-order valence-corrected chi connectivity index (χ0v) is 12.1. The highest BCUT2D eigenvalue weighted by atomic mass is 16.1. The van der Waals surface area contributed by atoms with Crippen LogP contribution in [0.25, 0.3) is 0 Å². The highest BCUT2D eigenvalue weighted by Crippen LogP contribution is 2.25. The van der Waals surface area contributed by atoms with Crippen LogP contribution in [0.4, 0.5) is 5.69 Å². The zero-order chi connectivity index (χ0) is 13.8. The first-order valence-corrected chi connectivity index (χ1v) is 7.02. The van der Waals surface area contributed by atoms with Gasteiger partial charge in [-0.25, -0.2) is 0 Å². The van der Waals surface area contributed by atoms with Crippen LogP contribution in [0, 0.1) is 0 Å². The average Bonchev–Trinajstić information content (AvgIpc) is 2.85. The topological polar surface area (TPSA) is 36.4 Å². The fourth-order valence-corrected chi connectivity index (χ4v) is 2.69. The molecule has 0 N–H and O–H groups in total. The van der Waals surface area contributed by atoms with Crippen molar-refractivity contribution in [2.45, 2.75) is 32.2 Å². The molecule has 0 aromatic carbocycles. The average molecular weight is 261 g/mol. The van der Waals surface area contributed by atoms with E-state index in [-0.39, 0.29) is 5.78 Å². The van der Waals surface area contributed by atoms with E-state index in [1.807, 2.05) is 25.3 Å². The minimum atomic E-state index is 0.109. The fourth-order valence-electron chi connectivity index (χ4n) is 2.69. The van der Waals surface area contributed by atoms with E-state index in [0.29, 0.717) is 18.2 Å². The quantitative estimate of drug-likeness (QED) is 0.761. The smallest absolute Gasteiger partial charge is 0.180 e. The molecule has 1 aliphatic heterocycles. The molecule has 2 rings (SSSR count). The Morgan fingerprint density at radius 1 is 1.47 bits per heavy atom. The van der Waals surface area contributed by atoms with Crippen molar-refractivity contribution in [3.63, 3.8) is 0 Å². The summed E-state index contributed by atoms with van der Waals surface area (Å²) >= 11 is 0. The molecule has 0 bridgehead atoms. The standard InChI is InChI=1S/C15H23N3O/c1-4-15(19)14-8-7-12(10-16-14)18-9-5-6-13(18)11-17(2)3/h7-8,10,13H,4-6,9,11H2,1-3H3. The van der Waals surface area contributed by atoms with Crippen LogP contribution in [0.15, 0.2) is 18.3 Å². The third-order valence-electron chi connectivity index (χ3n) is 3.64. The van der Waals surface area contributed by atoms with Gasteiger partial charge in [-0.05, 0) is 39.1 Å². The fraction of sp³-hybridized carbons (Fsp3) is 0.600. The van der Waals surface area contributed by atoms with E-state index in [0.717, 1.165) is 18.8 Å². The molecule has 1 saturated heterocycles. The first-order chi connectivity index (χ1) is 9.11. The summed E-state index contributed by atoms with van der Waals surface area (Å²) in [6.45, 7) is 4.02. The molecule has 104 valence electrons. The van der Waals surface area contributed by atoms with E-state index in [1.165, 1.54) is 12.8 Å². The van der Waals surface area contributed by atoms with Gasteiger partial charge in [-0.1, -0.05) is 6.92 Å². The third-order valence-corrected chi connectivity index (χ3v) is 3.64. The molecule has 4 nitrogen and oxygen atoms in total. The molecule has 0 radical (unpaired) electrons. The Morgan fingerprint density at radius 3 is 2.84 bits per heavy atom. The van der Waals surface area contributed by atoms with E-state index < -0.39 is 0 Å². The second kappa shape index (κ2) is 6.15. The number of carbonyl (C=O) groups excluding carboxylic acids is 1. The molecule has 0 amide bonds. The molecule has 1 aromatic rings. The number of hydrogen-bond donors (Lipinski definition) is 0. The van der Waals surface area contributed by atoms with Crippen molar-refractivity contribution in [3.05, 3.63) is 24.0 Å². The molecule has 4 heteroatoms. The third kappa shape index (κ3) is 3.32. The number of hydrogen-bond acceptors (Lipinski definition) is 4. The Morgan fingerprint density at radius 2 is 2.26 bits per heavy atom. The van der Waals surface area contributed by atoms with Crippen molar-refractivity contribution in [1.82, 2.24) is 9.88 Å². The molecule has 0 aliphatic carbocycles. The van der Waals surface area contributed by atoms with E-state index in [2.05, 4.69) is 28.9 Å². The number of nitrogens with zero attached hydrogens (tertiary/aromatic N) is 3. The summed E-state index contributed by atoms with van der Waals surface area (Å²) in [4.78, 5) is 20.5. The number of rotatable bonds is 5. The summed E-state index contributed by atoms with van der Waals surface area (Å²) in [5, 5.41) is 0. The van der Waals surface area contributed by atoms with E-state index >= 15 is 0 Å². The van der Waals surface area contributed by atoms with Crippen molar-refractivity contribution in [1.29, 1.82) is 0 Å². The summed E-state index contributed by atoms with van der Waals surface area (Å²) in [6.07, 6.45) is 4.82. The molecule has 1 fully saturated rings. The minimum Gasteiger partial charge on any atom is -0.366 e. The highest BCUT2D eigenvalue weighted by molar-refractivity contribution is 5.94. The van der Waals surface area contributed by atoms with E-state index in [9.17, 15) is 4.79 Å². The number of Topliss-reactive ketones (excluding diaryl/α,β-unsaturated/α-hetero) is 1. The maximum Gasteiger partial charge on any atom is 0.180 e.